The van der Waals surface area contributed by atoms with Crippen LogP contribution in [0.25, 0.3) is 0 Å². The van der Waals surface area contributed by atoms with Crippen LogP contribution in [0.4, 0.5) is 5.69 Å². The fraction of sp³-hybridized carbons (Fsp3) is 0.222. The second-order valence-electron chi connectivity index (χ2n) is 2.45. The van der Waals surface area contributed by atoms with E-state index in [2.05, 4.69) is 0 Å². The van der Waals surface area contributed by atoms with Crippen LogP contribution in [0.5, 0.6) is 0 Å². The van der Waals surface area contributed by atoms with Gasteiger partial charge >= 0.3 is 0 Å². The standard InChI is InChI=1S/C9H11NOS/c1-12-9-6-7(4-5-11)2-3-8(9)10/h2-3,5-6H,4,10H2,1H3. The van der Waals surface area contributed by atoms with Gasteiger partial charge in [-0.1, -0.05) is 6.07 Å². The van der Waals surface area contributed by atoms with Gasteiger partial charge in [0.05, 0.1) is 0 Å². The summed E-state index contributed by atoms with van der Waals surface area (Å²) in [6.45, 7) is 0. The van der Waals surface area contributed by atoms with Crippen molar-refractivity contribution in [1.29, 1.82) is 0 Å². The van der Waals surface area contributed by atoms with E-state index in [1.54, 1.807) is 11.8 Å². The molecular formula is C9H11NOS. The van der Waals surface area contributed by atoms with Crippen molar-refractivity contribution in [3.05, 3.63) is 23.8 Å². The van der Waals surface area contributed by atoms with Crippen LogP contribution in [-0.4, -0.2) is 12.5 Å². The van der Waals surface area contributed by atoms with Gasteiger partial charge in [0, 0.05) is 17.0 Å². The zero-order valence-electron chi connectivity index (χ0n) is 6.91. The maximum Gasteiger partial charge on any atom is 0.124 e. The predicted octanol–water partition coefficient (Wildman–Crippen LogP) is 1.73. The molecule has 3 heteroatoms. The monoisotopic (exact) mass is 181 g/mol. The Hall–Kier alpha value is -0.960. The van der Waals surface area contributed by atoms with Crippen molar-refractivity contribution in [2.45, 2.75) is 11.3 Å². The average molecular weight is 181 g/mol. The second kappa shape index (κ2) is 4.16. The molecule has 0 atom stereocenters. The van der Waals surface area contributed by atoms with Gasteiger partial charge in [-0.2, -0.15) is 0 Å². The zero-order chi connectivity index (χ0) is 8.97. The van der Waals surface area contributed by atoms with E-state index >= 15 is 0 Å². The maximum absolute atomic E-state index is 10.2. The van der Waals surface area contributed by atoms with E-state index in [1.807, 2.05) is 24.5 Å². The number of anilines is 1. The normalized spacial score (nSPS) is 9.75. The number of aldehydes is 1. The molecule has 1 rings (SSSR count). The van der Waals surface area contributed by atoms with E-state index in [-0.39, 0.29) is 0 Å². The molecule has 0 aliphatic heterocycles. The van der Waals surface area contributed by atoms with Crippen LogP contribution < -0.4 is 5.73 Å². The summed E-state index contributed by atoms with van der Waals surface area (Å²) < 4.78 is 0. The molecule has 1 aromatic rings. The molecule has 1 aromatic carbocycles. The van der Waals surface area contributed by atoms with Gasteiger partial charge in [-0.3, -0.25) is 0 Å². The molecule has 2 nitrogen and oxygen atoms in total. The number of nitrogens with two attached hydrogens (primary N) is 1. The Labute approximate surface area is 76.2 Å². The summed E-state index contributed by atoms with van der Waals surface area (Å²) in [7, 11) is 0. The van der Waals surface area contributed by atoms with E-state index in [0.717, 1.165) is 22.4 Å². The summed E-state index contributed by atoms with van der Waals surface area (Å²) in [6.07, 6.45) is 3.33. The lowest BCUT2D eigenvalue weighted by atomic mass is 10.1. The molecule has 12 heavy (non-hydrogen) atoms. The molecule has 0 aromatic heterocycles. The first-order chi connectivity index (χ1) is 5.77. The van der Waals surface area contributed by atoms with Crippen LogP contribution in [-0.2, 0) is 11.2 Å². The summed E-state index contributed by atoms with van der Waals surface area (Å²) in [5, 5.41) is 0. The minimum absolute atomic E-state index is 0.466. The highest BCUT2D eigenvalue weighted by atomic mass is 32.2. The Kier molecular flexibility index (Phi) is 3.17. The number of carbonyl (C=O) groups excluding carboxylic acids is 1. The Morgan fingerprint density at radius 2 is 2.33 bits per heavy atom. The Bertz CT molecular complexity index is 286. The van der Waals surface area contributed by atoms with Crippen molar-refractivity contribution in [2.24, 2.45) is 0 Å². The van der Waals surface area contributed by atoms with Gasteiger partial charge in [-0.05, 0) is 24.0 Å². The van der Waals surface area contributed by atoms with E-state index in [4.69, 9.17) is 5.73 Å². The lowest BCUT2D eigenvalue weighted by Crippen LogP contribution is -1.91. The van der Waals surface area contributed by atoms with Gasteiger partial charge in [0.15, 0.2) is 0 Å². The first-order valence-corrected chi connectivity index (χ1v) is 4.86. The fourth-order valence-corrected chi connectivity index (χ4v) is 1.55. The highest BCUT2D eigenvalue weighted by Gasteiger charge is 1.98. The molecule has 64 valence electrons. The quantitative estimate of drug-likeness (QED) is 0.439. The van der Waals surface area contributed by atoms with Crippen LogP contribution in [0.15, 0.2) is 23.1 Å². The summed E-state index contributed by atoms with van der Waals surface area (Å²) in [4.78, 5) is 11.3. The number of nitrogen functional groups attached to an aromatic ring is 1. The van der Waals surface area contributed by atoms with Gasteiger partial charge in [-0.25, -0.2) is 0 Å². The molecule has 0 saturated carbocycles. The lowest BCUT2D eigenvalue weighted by molar-refractivity contribution is -0.107. The van der Waals surface area contributed by atoms with E-state index < -0.39 is 0 Å². The van der Waals surface area contributed by atoms with Crippen LogP contribution in [0, 0.1) is 0 Å². The second-order valence-corrected chi connectivity index (χ2v) is 3.30. The summed E-state index contributed by atoms with van der Waals surface area (Å²) in [5.41, 5.74) is 7.48. The Morgan fingerprint density at radius 3 is 2.92 bits per heavy atom. The van der Waals surface area contributed by atoms with Crippen LogP contribution in [0.2, 0.25) is 0 Å². The van der Waals surface area contributed by atoms with Gasteiger partial charge in [-0.15, -0.1) is 11.8 Å². The van der Waals surface area contributed by atoms with Crippen LogP contribution in [0.3, 0.4) is 0 Å². The molecular weight excluding hydrogens is 170 g/mol. The Morgan fingerprint density at radius 1 is 1.58 bits per heavy atom. The van der Waals surface area contributed by atoms with Crippen molar-refractivity contribution < 1.29 is 4.79 Å². The predicted molar refractivity (Wildman–Crippen MR) is 52.4 cm³/mol. The molecule has 0 bridgehead atoms. The molecule has 0 spiro atoms. The summed E-state index contributed by atoms with van der Waals surface area (Å²) in [5.74, 6) is 0. The number of thioether (sulfide) groups is 1. The van der Waals surface area contributed by atoms with Crippen molar-refractivity contribution in [3.63, 3.8) is 0 Å². The van der Waals surface area contributed by atoms with Crippen molar-refractivity contribution >= 4 is 23.7 Å². The van der Waals surface area contributed by atoms with Gasteiger partial charge < -0.3 is 10.5 Å². The van der Waals surface area contributed by atoms with Gasteiger partial charge in [0.2, 0.25) is 0 Å². The minimum atomic E-state index is 0.466. The molecule has 0 unspecified atom stereocenters. The topological polar surface area (TPSA) is 43.1 Å². The fourth-order valence-electron chi connectivity index (χ4n) is 0.979. The van der Waals surface area contributed by atoms with E-state index in [0.29, 0.717) is 6.42 Å². The molecule has 0 amide bonds. The van der Waals surface area contributed by atoms with Crippen molar-refractivity contribution in [2.75, 3.05) is 12.0 Å². The van der Waals surface area contributed by atoms with Crippen LogP contribution >= 0.6 is 11.8 Å². The Balaban J connectivity index is 2.96. The van der Waals surface area contributed by atoms with Crippen molar-refractivity contribution in [3.8, 4) is 0 Å². The minimum Gasteiger partial charge on any atom is -0.398 e. The molecule has 2 N–H and O–H groups in total. The molecule has 0 radical (unpaired) electrons. The largest absolute Gasteiger partial charge is 0.398 e. The number of hydrogen-bond donors (Lipinski definition) is 1. The zero-order valence-corrected chi connectivity index (χ0v) is 7.73. The van der Waals surface area contributed by atoms with Crippen LogP contribution in [0.1, 0.15) is 5.56 Å². The first kappa shape index (κ1) is 9.13. The summed E-state index contributed by atoms with van der Waals surface area (Å²) >= 11 is 1.59. The SMILES string of the molecule is CSc1cc(CC=O)ccc1N. The lowest BCUT2D eigenvalue weighted by Gasteiger charge is -2.03. The first-order valence-electron chi connectivity index (χ1n) is 3.64. The van der Waals surface area contributed by atoms with Gasteiger partial charge in [0.1, 0.15) is 6.29 Å². The highest BCUT2D eigenvalue weighted by molar-refractivity contribution is 7.98. The molecule has 0 aliphatic carbocycles. The van der Waals surface area contributed by atoms with E-state index in [1.165, 1.54) is 0 Å². The van der Waals surface area contributed by atoms with E-state index in [9.17, 15) is 4.79 Å². The number of hydrogen-bond acceptors (Lipinski definition) is 3. The smallest absolute Gasteiger partial charge is 0.124 e. The third-order valence-corrected chi connectivity index (χ3v) is 2.41. The number of rotatable bonds is 3. The highest BCUT2D eigenvalue weighted by Crippen LogP contribution is 2.23. The number of carbonyl (C=O) groups is 1. The molecule has 0 heterocycles. The third kappa shape index (κ3) is 2.01. The third-order valence-electron chi connectivity index (χ3n) is 1.62. The number of benzene rings is 1. The summed E-state index contributed by atoms with van der Waals surface area (Å²) in [6, 6.07) is 5.67. The van der Waals surface area contributed by atoms with Crippen molar-refractivity contribution in [1.82, 2.24) is 0 Å². The molecule has 0 fully saturated rings. The maximum atomic E-state index is 10.2. The molecule has 0 aliphatic rings. The van der Waals surface area contributed by atoms with Gasteiger partial charge in [0.25, 0.3) is 0 Å². The molecule has 0 saturated heterocycles. The average Bonchev–Trinajstić information content (AvgIpc) is 2.09.